The first-order valence-corrected chi connectivity index (χ1v) is 6.07. The molecule has 0 amide bonds. The Kier molecular flexibility index (Phi) is 2.08. The van der Waals surface area contributed by atoms with Crippen LogP contribution in [0.15, 0.2) is 55.0 Å². The minimum absolute atomic E-state index is 0.726. The molecule has 3 aromatic heterocycles. The molecule has 4 rings (SSSR count). The second-order valence-corrected chi connectivity index (χ2v) is 4.38. The largest absolute Gasteiger partial charge is 0.455 e. The van der Waals surface area contributed by atoms with Crippen molar-refractivity contribution in [2.45, 2.75) is 0 Å². The molecule has 1 aromatic carbocycles. The number of nitrogens with one attached hydrogen (secondary N) is 2. The van der Waals surface area contributed by atoms with Crippen molar-refractivity contribution in [3.05, 3.63) is 55.0 Å². The maximum atomic E-state index is 5.92. The standard InChI is InChI=1S/C15H11N3O/c1-2-12-11(4-6-16-12)15(3-1)19-10-8-14-13(18-9-10)5-7-17-14/h1-9,16-17H. The van der Waals surface area contributed by atoms with Gasteiger partial charge in [0.25, 0.3) is 0 Å². The number of aromatic nitrogens is 3. The fraction of sp³-hybridized carbons (Fsp3) is 0. The molecule has 0 fully saturated rings. The van der Waals surface area contributed by atoms with E-state index in [1.54, 1.807) is 6.20 Å². The van der Waals surface area contributed by atoms with E-state index in [9.17, 15) is 0 Å². The molecular formula is C15H11N3O. The first-order chi connectivity index (χ1) is 9.40. The third kappa shape index (κ3) is 1.65. The lowest BCUT2D eigenvalue weighted by molar-refractivity contribution is 0.487. The van der Waals surface area contributed by atoms with Gasteiger partial charge in [-0.3, -0.25) is 4.98 Å². The van der Waals surface area contributed by atoms with Gasteiger partial charge in [0.1, 0.15) is 11.5 Å². The van der Waals surface area contributed by atoms with Crippen molar-refractivity contribution in [1.29, 1.82) is 0 Å². The molecule has 0 saturated heterocycles. The van der Waals surface area contributed by atoms with Crippen LogP contribution in [-0.2, 0) is 0 Å². The Bertz CT molecular complexity index is 860. The van der Waals surface area contributed by atoms with Gasteiger partial charge in [-0.05, 0) is 24.3 Å². The van der Waals surface area contributed by atoms with Gasteiger partial charge in [0.2, 0.25) is 0 Å². The van der Waals surface area contributed by atoms with Crippen LogP contribution in [0.5, 0.6) is 11.5 Å². The molecule has 0 aliphatic rings. The number of ether oxygens (including phenoxy) is 1. The van der Waals surface area contributed by atoms with Gasteiger partial charge in [-0.15, -0.1) is 0 Å². The van der Waals surface area contributed by atoms with E-state index in [-0.39, 0.29) is 0 Å². The predicted molar refractivity (Wildman–Crippen MR) is 74.5 cm³/mol. The van der Waals surface area contributed by atoms with Crippen LogP contribution in [0.4, 0.5) is 0 Å². The molecule has 0 aliphatic carbocycles. The highest BCUT2D eigenvalue weighted by atomic mass is 16.5. The van der Waals surface area contributed by atoms with E-state index in [0.29, 0.717) is 0 Å². The average molecular weight is 249 g/mol. The highest BCUT2D eigenvalue weighted by molar-refractivity contribution is 5.86. The molecule has 0 atom stereocenters. The van der Waals surface area contributed by atoms with Crippen LogP contribution in [0, 0.1) is 0 Å². The van der Waals surface area contributed by atoms with Crippen molar-refractivity contribution in [2.24, 2.45) is 0 Å². The van der Waals surface area contributed by atoms with Crippen LogP contribution >= 0.6 is 0 Å². The van der Waals surface area contributed by atoms with Crippen molar-refractivity contribution in [3.8, 4) is 11.5 Å². The predicted octanol–water partition coefficient (Wildman–Crippen LogP) is 3.84. The lowest BCUT2D eigenvalue weighted by Crippen LogP contribution is -1.86. The normalized spacial score (nSPS) is 11.2. The van der Waals surface area contributed by atoms with Gasteiger partial charge in [-0.2, -0.15) is 0 Å². The van der Waals surface area contributed by atoms with Gasteiger partial charge in [-0.25, -0.2) is 0 Å². The molecule has 4 nitrogen and oxygen atoms in total. The monoisotopic (exact) mass is 249 g/mol. The van der Waals surface area contributed by atoms with Gasteiger partial charge >= 0.3 is 0 Å². The summed E-state index contributed by atoms with van der Waals surface area (Å²) in [5.74, 6) is 1.55. The van der Waals surface area contributed by atoms with Gasteiger partial charge in [0, 0.05) is 29.4 Å². The molecule has 4 aromatic rings. The molecule has 0 bridgehead atoms. The van der Waals surface area contributed by atoms with Gasteiger partial charge in [-0.1, -0.05) is 6.07 Å². The van der Waals surface area contributed by atoms with Crippen molar-refractivity contribution < 1.29 is 4.74 Å². The van der Waals surface area contributed by atoms with E-state index >= 15 is 0 Å². The first kappa shape index (κ1) is 10.2. The van der Waals surface area contributed by atoms with Gasteiger partial charge < -0.3 is 14.7 Å². The van der Waals surface area contributed by atoms with Gasteiger partial charge in [0.05, 0.1) is 17.2 Å². The Morgan fingerprint density at radius 3 is 2.84 bits per heavy atom. The van der Waals surface area contributed by atoms with E-state index in [1.165, 1.54) is 0 Å². The zero-order chi connectivity index (χ0) is 12.7. The van der Waals surface area contributed by atoms with E-state index in [4.69, 9.17) is 4.74 Å². The Labute approximate surface area is 109 Å². The number of H-pyrrole nitrogens is 2. The molecule has 0 aliphatic heterocycles. The quantitative estimate of drug-likeness (QED) is 0.567. The number of benzene rings is 1. The lowest BCUT2D eigenvalue weighted by atomic mass is 10.2. The number of hydrogen-bond acceptors (Lipinski definition) is 2. The summed E-state index contributed by atoms with van der Waals surface area (Å²) in [6, 6.07) is 11.8. The molecule has 0 radical (unpaired) electrons. The zero-order valence-electron chi connectivity index (χ0n) is 10.1. The van der Waals surface area contributed by atoms with E-state index in [2.05, 4.69) is 15.0 Å². The third-order valence-corrected chi connectivity index (χ3v) is 3.16. The third-order valence-electron chi connectivity index (χ3n) is 3.16. The fourth-order valence-corrected chi connectivity index (χ4v) is 2.24. The second-order valence-electron chi connectivity index (χ2n) is 4.38. The minimum Gasteiger partial charge on any atom is -0.455 e. The van der Waals surface area contributed by atoms with Crippen molar-refractivity contribution in [1.82, 2.24) is 15.0 Å². The van der Waals surface area contributed by atoms with Gasteiger partial charge in [0.15, 0.2) is 0 Å². The van der Waals surface area contributed by atoms with E-state index in [1.807, 2.05) is 48.8 Å². The van der Waals surface area contributed by atoms with Crippen LogP contribution in [0.1, 0.15) is 0 Å². The average Bonchev–Trinajstić information content (AvgIpc) is 3.06. The maximum Gasteiger partial charge on any atom is 0.147 e. The summed E-state index contributed by atoms with van der Waals surface area (Å²) in [5.41, 5.74) is 2.97. The van der Waals surface area contributed by atoms with Crippen LogP contribution < -0.4 is 4.74 Å². The number of pyridine rings is 1. The molecule has 0 spiro atoms. The van der Waals surface area contributed by atoms with E-state index < -0.39 is 0 Å². The van der Waals surface area contributed by atoms with Crippen LogP contribution in [0.25, 0.3) is 21.9 Å². The second kappa shape index (κ2) is 3.88. The Balaban J connectivity index is 1.79. The number of nitrogens with zero attached hydrogens (tertiary/aromatic N) is 1. The molecule has 0 unspecified atom stereocenters. The van der Waals surface area contributed by atoms with E-state index in [0.717, 1.165) is 33.4 Å². The van der Waals surface area contributed by atoms with Crippen LogP contribution in [-0.4, -0.2) is 15.0 Å². The molecule has 3 heterocycles. The topological polar surface area (TPSA) is 53.7 Å². The van der Waals surface area contributed by atoms with Crippen molar-refractivity contribution in [3.63, 3.8) is 0 Å². The zero-order valence-corrected chi connectivity index (χ0v) is 10.1. The van der Waals surface area contributed by atoms with Crippen molar-refractivity contribution >= 4 is 21.9 Å². The number of aromatic amines is 2. The smallest absolute Gasteiger partial charge is 0.147 e. The summed E-state index contributed by atoms with van der Waals surface area (Å²) in [5, 5.41) is 1.06. The number of hydrogen-bond donors (Lipinski definition) is 2. The maximum absolute atomic E-state index is 5.92. The molecule has 4 heteroatoms. The lowest BCUT2D eigenvalue weighted by Gasteiger charge is -2.06. The summed E-state index contributed by atoms with van der Waals surface area (Å²) in [6.45, 7) is 0. The molecule has 0 saturated carbocycles. The molecule has 92 valence electrons. The Hall–Kier alpha value is -2.75. The first-order valence-electron chi connectivity index (χ1n) is 6.07. The SMILES string of the molecule is c1cc(Oc2cnc3cc[nH]c3c2)c2cc[nH]c2c1. The molecular weight excluding hydrogens is 238 g/mol. The molecule has 2 N–H and O–H groups in total. The highest BCUT2D eigenvalue weighted by Gasteiger charge is 2.05. The van der Waals surface area contributed by atoms with Crippen LogP contribution in [0.2, 0.25) is 0 Å². The fourth-order valence-electron chi connectivity index (χ4n) is 2.24. The van der Waals surface area contributed by atoms with Crippen LogP contribution in [0.3, 0.4) is 0 Å². The summed E-state index contributed by atoms with van der Waals surface area (Å²) in [6.07, 6.45) is 5.51. The molecule has 19 heavy (non-hydrogen) atoms. The summed E-state index contributed by atoms with van der Waals surface area (Å²) < 4.78 is 5.92. The van der Waals surface area contributed by atoms with Crippen molar-refractivity contribution in [2.75, 3.05) is 0 Å². The Morgan fingerprint density at radius 2 is 1.84 bits per heavy atom. The minimum atomic E-state index is 0.726. The summed E-state index contributed by atoms with van der Waals surface area (Å²) in [4.78, 5) is 10.6. The number of rotatable bonds is 2. The Morgan fingerprint density at radius 1 is 0.947 bits per heavy atom. The summed E-state index contributed by atoms with van der Waals surface area (Å²) in [7, 11) is 0. The number of fused-ring (bicyclic) bond motifs is 2. The summed E-state index contributed by atoms with van der Waals surface area (Å²) >= 11 is 0. The highest BCUT2D eigenvalue weighted by Crippen LogP contribution is 2.29.